The molecule has 0 saturated carbocycles. The molecule has 0 bridgehead atoms. The van der Waals surface area contributed by atoms with E-state index >= 15 is 0 Å². The Morgan fingerprint density at radius 3 is 2.76 bits per heavy atom. The van der Waals surface area contributed by atoms with Crippen molar-refractivity contribution in [2.24, 2.45) is 5.84 Å². The van der Waals surface area contributed by atoms with Crippen molar-refractivity contribution < 1.29 is 19.1 Å². The zero-order chi connectivity index (χ0) is 15.2. The number of nitrogens with two attached hydrogens (primary N) is 1. The number of aromatic nitrogens is 1. The molecule has 0 atom stereocenters. The summed E-state index contributed by atoms with van der Waals surface area (Å²) in [5, 5.41) is 0. The van der Waals surface area contributed by atoms with Gasteiger partial charge in [0.2, 0.25) is 5.88 Å². The van der Waals surface area contributed by atoms with Crippen LogP contribution < -0.4 is 20.7 Å². The monoisotopic (exact) mass is 287 g/mol. The zero-order valence-corrected chi connectivity index (χ0v) is 11.2. The van der Waals surface area contributed by atoms with E-state index in [9.17, 15) is 9.59 Å². The van der Waals surface area contributed by atoms with E-state index in [-0.39, 0.29) is 5.88 Å². The van der Waals surface area contributed by atoms with Crippen molar-refractivity contribution in [1.82, 2.24) is 10.4 Å². The van der Waals surface area contributed by atoms with E-state index in [2.05, 4.69) is 4.98 Å². The minimum atomic E-state index is -0.453. The highest BCUT2D eigenvalue weighted by Gasteiger charge is 2.10. The lowest BCUT2D eigenvalue weighted by molar-refractivity contribution is 0.0953. The van der Waals surface area contributed by atoms with Crippen molar-refractivity contribution in [2.45, 2.75) is 0 Å². The van der Waals surface area contributed by atoms with E-state index in [1.54, 1.807) is 18.2 Å². The zero-order valence-electron chi connectivity index (χ0n) is 11.2. The maximum Gasteiger partial charge on any atom is 0.265 e. The summed E-state index contributed by atoms with van der Waals surface area (Å²) in [6.45, 7) is 0. The van der Waals surface area contributed by atoms with Crippen LogP contribution in [-0.2, 0) is 0 Å². The fourth-order valence-electron chi connectivity index (χ4n) is 1.64. The number of methoxy groups -OCH3 is 1. The number of hydrogen-bond acceptors (Lipinski definition) is 6. The van der Waals surface area contributed by atoms with Gasteiger partial charge in [-0.25, -0.2) is 10.8 Å². The number of nitrogen functional groups attached to an aromatic ring is 1. The van der Waals surface area contributed by atoms with Gasteiger partial charge in [-0.2, -0.15) is 0 Å². The maximum absolute atomic E-state index is 11.4. The van der Waals surface area contributed by atoms with Crippen LogP contribution in [0, 0.1) is 0 Å². The average molecular weight is 287 g/mol. The van der Waals surface area contributed by atoms with Crippen LogP contribution in [0.2, 0.25) is 0 Å². The molecule has 0 aliphatic rings. The SMILES string of the molecule is COc1cc(C=O)ccc1Oc1cc(C(=O)NN)ccn1. The molecule has 7 nitrogen and oxygen atoms in total. The summed E-state index contributed by atoms with van der Waals surface area (Å²) in [7, 11) is 1.46. The van der Waals surface area contributed by atoms with Crippen LogP contribution in [-0.4, -0.2) is 24.3 Å². The van der Waals surface area contributed by atoms with Gasteiger partial charge in [0.25, 0.3) is 5.91 Å². The summed E-state index contributed by atoms with van der Waals surface area (Å²) in [5.74, 6) is 5.58. The van der Waals surface area contributed by atoms with Gasteiger partial charge in [0.1, 0.15) is 6.29 Å². The molecule has 0 radical (unpaired) electrons. The molecule has 0 spiro atoms. The lowest BCUT2D eigenvalue weighted by atomic mass is 10.2. The van der Waals surface area contributed by atoms with Gasteiger partial charge in [0, 0.05) is 23.4 Å². The number of carbonyl (C=O) groups is 2. The standard InChI is InChI=1S/C14H13N3O4/c1-20-12-6-9(8-18)2-3-11(12)21-13-7-10(4-5-16-13)14(19)17-15/h2-8H,15H2,1H3,(H,17,19). The number of amides is 1. The van der Waals surface area contributed by atoms with Crippen molar-refractivity contribution in [3.63, 3.8) is 0 Å². The second kappa shape index (κ2) is 6.49. The van der Waals surface area contributed by atoms with Crippen molar-refractivity contribution >= 4 is 12.2 Å². The predicted octanol–water partition coefficient (Wildman–Crippen LogP) is 1.30. The number of aldehydes is 1. The average Bonchev–Trinajstić information content (AvgIpc) is 2.54. The molecule has 21 heavy (non-hydrogen) atoms. The topological polar surface area (TPSA) is 104 Å². The Morgan fingerprint density at radius 2 is 2.10 bits per heavy atom. The molecule has 0 saturated heterocycles. The van der Waals surface area contributed by atoms with Crippen LogP contribution in [0.5, 0.6) is 17.4 Å². The Balaban J connectivity index is 2.29. The third kappa shape index (κ3) is 3.34. The largest absolute Gasteiger partial charge is 0.493 e. The van der Waals surface area contributed by atoms with Gasteiger partial charge in [-0.15, -0.1) is 0 Å². The summed E-state index contributed by atoms with van der Waals surface area (Å²) in [6.07, 6.45) is 2.13. The predicted molar refractivity (Wildman–Crippen MR) is 74.3 cm³/mol. The van der Waals surface area contributed by atoms with Crippen molar-refractivity contribution in [3.05, 3.63) is 47.7 Å². The summed E-state index contributed by atoms with van der Waals surface area (Å²) in [4.78, 5) is 26.2. The molecule has 2 rings (SSSR count). The molecular weight excluding hydrogens is 274 g/mol. The summed E-state index contributed by atoms with van der Waals surface area (Å²) >= 11 is 0. The fraction of sp³-hybridized carbons (Fsp3) is 0.0714. The lowest BCUT2D eigenvalue weighted by Crippen LogP contribution is -2.29. The second-order valence-electron chi connectivity index (χ2n) is 3.99. The first-order valence-corrected chi connectivity index (χ1v) is 5.96. The molecular formula is C14H13N3O4. The maximum atomic E-state index is 11.4. The lowest BCUT2D eigenvalue weighted by Gasteiger charge is -2.10. The number of carbonyl (C=O) groups excluding carboxylic acids is 2. The molecule has 1 aromatic heterocycles. The van der Waals surface area contributed by atoms with Crippen molar-refractivity contribution in [2.75, 3.05) is 7.11 Å². The van der Waals surface area contributed by atoms with E-state index in [0.717, 1.165) is 0 Å². The number of rotatable bonds is 5. The summed E-state index contributed by atoms with van der Waals surface area (Å²) < 4.78 is 10.7. The number of hydrogen-bond donors (Lipinski definition) is 2. The smallest absolute Gasteiger partial charge is 0.265 e. The third-order valence-corrected chi connectivity index (χ3v) is 2.67. The highest BCUT2D eigenvalue weighted by atomic mass is 16.5. The van der Waals surface area contributed by atoms with Gasteiger partial charge < -0.3 is 9.47 Å². The number of nitrogens with zero attached hydrogens (tertiary/aromatic N) is 1. The van der Waals surface area contributed by atoms with E-state index in [0.29, 0.717) is 28.9 Å². The van der Waals surface area contributed by atoms with Crippen molar-refractivity contribution in [3.8, 4) is 17.4 Å². The Kier molecular flexibility index (Phi) is 4.47. The van der Waals surface area contributed by atoms with Crippen LogP contribution in [0.1, 0.15) is 20.7 Å². The second-order valence-corrected chi connectivity index (χ2v) is 3.99. The van der Waals surface area contributed by atoms with Crippen LogP contribution in [0.3, 0.4) is 0 Å². The Hall–Kier alpha value is -2.93. The van der Waals surface area contributed by atoms with Crippen LogP contribution in [0.15, 0.2) is 36.5 Å². The quantitative estimate of drug-likeness (QED) is 0.372. The molecule has 1 amide bonds. The van der Waals surface area contributed by atoms with Gasteiger partial charge in [-0.3, -0.25) is 15.0 Å². The number of nitrogens with one attached hydrogen (secondary N) is 1. The number of ether oxygens (including phenoxy) is 2. The molecule has 0 aliphatic carbocycles. The van der Waals surface area contributed by atoms with Gasteiger partial charge in [-0.05, 0) is 24.3 Å². The Labute approximate surface area is 120 Å². The highest BCUT2D eigenvalue weighted by Crippen LogP contribution is 2.31. The van der Waals surface area contributed by atoms with Crippen molar-refractivity contribution in [1.29, 1.82) is 0 Å². The first-order chi connectivity index (χ1) is 10.2. The molecule has 7 heteroatoms. The molecule has 2 aromatic rings. The van der Waals surface area contributed by atoms with E-state index < -0.39 is 5.91 Å². The van der Waals surface area contributed by atoms with Crippen LogP contribution >= 0.6 is 0 Å². The summed E-state index contributed by atoms with van der Waals surface area (Å²) in [6, 6.07) is 7.65. The normalized spacial score (nSPS) is 9.81. The Bertz CT molecular complexity index is 673. The molecule has 108 valence electrons. The molecule has 0 aliphatic heterocycles. The third-order valence-electron chi connectivity index (χ3n) is 2.67. The van der Waals surface area contributed by atoms with Gasteiger partial charge in [0.15, 0.2) is 11.5 Å². The van der Waals surface area contributed by atoms with Crippen LogP contribution in [0.4, 0.5) is 0 Å². The minimum absolute atomic E-state index is 0.202. The minimum Gasteiger partial charge on any atom is -0.493 e. The van der Waals surface area contributed by atoms with Crippen LogP contribution in [0.25, 0.3) is 0 Å². The fourth-order valence-corrected chi connectivity index (χ4v) is 1.64. The highest BCUT2D eigenvalue weighted by molar-refractivity contribution is 5.93. The number of benzene rings is 1. The van der Waals surface area contributed by atoms with Gasteiger partial charge in [-0.1, -0.05) is 0 Å². The number of hydrazine groups is 1. The van der Waals surface area contributed by atoms with Gasteiger partial charge in [0.05, 0.1) is 7.11 Å². The molecule has 0 fully saturated rings. The van der Waals surface area contributed by atoms with E-state index in [1.165, 1.54) is 25.4 Å². The molecule has 0 unspecified atom stereocenters. The van der Waals surface area contributed by atoms with E-state index in [4.69, 9.17) is 15.3 Å². The molecule has 3 N–H and O–H groups in total. The van der Waals surface area contributed by atoms with Gasteiger partial charge >= 0.3 is 0 Å². The molecule has 1 heterocycles. The first-order valence-electron chi connectivity index (χ1n) is 5.96. The molecule has 1 aromatic carbocycles. The Morgan fingerprint density at radius 1 is 1.29 bits per heavy atom. The first kappa shape index (κ1) is 14.5. The summed E-state index contributed by atoms with van der Waals surface area (Å²) in [5.41, 5.74) is 2.80. The van der Waals surface area contributed by atoms with E-state index in [1.807, 2.05) is 5.43 Å². The number of pyridine rings is 1.